The Morgan fingerprint density at radius 2 is 1.96 bits per heavy atom. The highest BCUT2D eigenvalue weighted by Crippen LogP contribution is 2.26. The van der Waals surface area contributed by atoms with Gasteiger partial charge in [0, 0.05) is 10.0 Å². The summed E-state index contributed by atoms with van der Waals surface area (Å²) in [5, 5.41) is 13.5. The molecule has 134 valence electrons. The molecular formula is C17H16BrN5OS2. The predicted octanol–water partition coefficient (Wildman–Crippen LogP) is 3.87. The molecule has 6 nitrogen and oxygen atoms in total. The van der Waals surface area contributed by atoms with E-state index in [1.165, 1.54) is 11.8 Å². The Hall–Kier alpha value is -1.97. The number of aryl methyl sites for hydroxylation is 1. The lowest BCUT2D eigenvalue weighted by atomic mass is 10.0. The van der Waals surface area contributed by atoms with Gasteiger partial charge in [-0.05, 0) is 47.8 Å². The smallest absolute Gasteiger partial charge is 0.258 e. The molecule has 0 spiro atoms. The molecule has 3 rings (SSSR count). The van der Waals surface area contributed by atoms with Crippen LogP contribution in [0.3, 0.4) is 0 Å². The van der Waals surface area contributed by atoms with Gasteiger partial charge in [0.15, 0.2) is 5.11 Å². The normalized spacial score (nSPS) is 10.7. The van der Waals surface area contributed by atoms with E-state index in [9.17, 15) is 4.79 Å². The third-order valence-electron chi connectivity index (χ3n) is 3.62. The summed E-state index contributed by atoms with van der Waals surface area (Å²) in [6.45, 7) is 3.84. The molecule has 2 aromatic carbocycles. The molecule has 26 heavy (non-hydrogen) atoms. The van der Waals surface area contributed by atoms with Crippen molar-refractivity contribution in [3.63, 3.8) is 0 Å². The van der Waals surface area contributed by atoms with Gasteiger partial charge in [-0.2, -0.15) is 0 Å². The first-order chi connectivity index (χ1) is 12.5. The van der Waals surface area contributed by atoms with Crippen LogP contribution in [0.1, 0.15) is 23.1 Å². The predicted molar refractivity (Wildman–Crippen MR) is 112 cm³/mol. The molecule has 1 heterocycles. The molecule has 9 heteroatoms. The standard InChI is InChI=1S/C17H16BrN5OS2/c1-3-26-17-21-20-10(2)23(17)22-16(25)19-15(24)13-8-4-7-12-11(13)6-5-9-14(12)18/h4-9H,3H2,1-2H3,(H2,19,22,24,25). The van der Waals surface area contributed by atoms with E-state index in [-0.39, 0.29) is 11.0 Å². The van der Waals surface area contributed by atoms with Crippen LogP contribution in [0, 0.1) is 6.92 Å². The number of carbonyl (C=O) groups is 1. The Labute approximate surface area is 168 Å². The van der Waals surface area contributed by atoms with Crippen LogP contribution in [0.2, 0.25) is 0 Å². The van der Waals surface area contributed by atoms with Crippen molar-refractivity contribution in [1.82, 2.24) is 20.2 Å². The van der Waals surface area contributed by atoms with Crippen molar-refractivity contribution in [2.75, 3.05) is 11.2 Å². The summed E-state index contributed by atoms with van der Waals surface area (Å²) in [5.74, 6) is 1.23. The number of carbonyl (C=O) groups excluding carboxylic acids is 1. The van der Waals surface area contributed by atoms with E-state index in [0.717, 1.165) is 21.0 Å². The number of nitrogens with zero attached hydrogens (tertiary/aromatic N) is 3. The van der Waals surface area contributed by atoms with Gasteiger partial charge in [0.05, 0.1) is 0 Å². The van der Waals surface area contributed by atoms with Crippen LogP contribution in [-0.2, 0) is 0 Å². The quantitative estimate of drug-likeness (QED) is 0.465. The Morgan fingerprint density at radius 1 is 1.23 bits per heavy atom. The van der Waals surface area contributed by atoms with Crippen LogP contribution >= 0.6 is 39.9 Å². The van der Waals surface area contributed by atoms with Crippen LogP contribution in [0.5, 0.6) is 0 Å². The minimum absolute atomic E-state index is 0.183. The molecule has 0 fully saturated rings. The number of halogens is 1. The number of thiocarbonyl (C=S) groups is 1. The van der Waals surface area contributed by atoms with Crippen molar-refractivity contribution in [1.29, 1.82) is 0 Å². The maximum Gasteiger partial charge on any atom is 0.258 e. The summed E-state index contributed by atoms with van der Waals surface area (Å²) in [7, 11) is 0. The Kier molecular flexibility index (Phi) is 5.90. The minimum atomic E-state index is -0.276. The fourth-order valence-electron chi connectivity index (χ4n) is 2.46. The van der Waals surface area contributed by atoms with E-state index in [0.29, 0.717) is 16.5 Å². The number of thioether (sulfide) groups is 1. The van der Waals surface area contributed by atoms with E-state index >= 15 is 0 Å². The Morgan fingerprint density at radius 3 is 2.73 bits per heavy atom. The SMILES string of the molecule is CCSc1nnc(C)n1NC(=S)NC(=O)c1cccc2c(Br)cccc12. The monoisotopic (exact) mass is 449 g/mol. The first kappa shape index (κ1) is 18.8. The summed E-state index contributed by atoms with van der Waals surface area (Å²) >= 11 is 10.3. The molecule has 0 aliphatic carbocycles. The summed E-state index contributed by atoms with van der Waals surface area (Å²) < 4.78 is 2.60. The number of aromatic nitrogens is 3. The number of benzene rings is 2. The molecule has 0 saturated heterocycles. The van der Waals surface area contributed by atoms with Gasteiger partial charge in [0.25, 0.3) is 5.91 Å². The van der Waals surface area contributed by atoms with Crippen molar-refractivity contribution in [3.8, 4) is 0 Å². The van der Waals surface area contributed by atoms with Crippen LogP contribution in [0.15, 0.2) is 46.0 Å². The van der Waals surface area contributed by atoms with E-state index in [2.05, 4.69) is 36.9 Å². The van der Waals surface area contributed by atoms with Gasteiger partial charge in [-0.1, -0.05) is 58.9 Å². The molecule has 0 saturated carbocycles. The third kappa shape index (κ3) is 3.89. The fourth-order valence-corrected chi connectivity index (χ4v) is 3.81. The minimum Gasteiger partial charge on any atom is -0.298 e. The highest BCUT2D eigenvalue weighted by atomic mass is 79.9. The van der Waals surface area contributed by atoms with Gasteiger partial charge in [0.1, 0.15) is 5.82 Å². The van der Waals surface area contributed by atoms with E-state index < -0.39 is 0 Å². The lowest BCUT2D eigenvalue weighted by Crippen LogP contribution is -2.38. The molecule has 1 aromatic heterocycles. The summed E-state index contributed by atoms with van der Waals surface area (Å²) in [5.41, 5.74) is 3.52. The third-order valence-corrected chi connectivity index (χ3v) is 5.32. The second kappa shape index (κ2) is 8.15. The van der Waals surface area contributed by atoms with Crippen molar-refractivity contribution in [2.24, 2.45) is 0 Å². The number of hydrogen-bond acceptors (Lipinski definition) is 5. The van der Waals surface area contributed by atoms with Gasteiger partial charge in [0.2, 0.25) is 5.16 Å². The van der Waals surface area contributed by atoms with Crippen molar-refractivity contribution in [2.45, 2.75) is 19.0 Å². The van der Waals surface area contributed by atoms with Crippen LogP contribution in [-0.4, -0.2) is 31.6 Å². The molecule has 0 aliphatic heterocycles. The molecule has 0 atom stereocenters. The van der Waals surface area contributed by atoms with Gasteiger partial charge in [-0.25, -0.2) is 4.68 Å². The number of hydrogen-bond donors (Lipinski definition) is 2. The molecule has 3 aromatic rings. The molecule has 0 aliphatic rings. The average Bonchev–Trinajstić information content (AvgIpc) is 2.95. The van der Waals surface area contributed by atoms with Crippen molar-refractivity contribution in [3.05, 3.63) is 52.3 Å². The Balaban J connectivity index is 1.80. The second-order valence-electron chi connectivity index (χ2n) is 5.33. The van der Waals surface area contributed by atoms with Gasteiger partial charge in [-0.15, -0.1) is 10.2 Å². The lowest BCUT2D eigenvalue weighted by Gasteiger charge is -2.13. The number of rotatable bonds is 4. The van der Waals surface area contributed by atoms with Crippen LogP contribution < -0.4 is 10.7 Å². The Bertz CT molecular complexity index is 988. The van der Waals surface area contributed by atoms with Gasteiger partial charge in [-0.3, -0.25) is 15.5 Å². The molecule has 0 bridgehead atoms. The molecular weight excluding hydrogens is 434 g/mol. The number of nitrogens with one attached hydrogen (secondary N) is 2. The zero-order valence-corrected chi connectivity index (χ0v) is 17.3. The van der Waals surface area contributed by atoms with Gasteiger partial charge < -0.3 is 0 Å². The lowest BCUT2D eigenvalue weighted by molar-refractivity contribution is 0.0979. The summed E-state index contributed by atoms with van der Waals surface area (Å²) in [6.07, 6.45) is 0. The molecule has 2 N–H and O–H groups in total. The largest absolute Gasteiger partial charge is 0.298 e. The number of amides is 1. The first-order valence-corrected chi connectivity index (χ1v) is 10.0. The number of fused-ring (bicyclic) bond motifs is 1. The zero-order chi connectivity index (χ0) is 18.7. The van der Waals surface area contributed by atoms with Crippen LogP contribution in [0.4, 0.5) is 0 Å². The van der Waals surface area contributed by atoms with Gasteiger partial charge >= 0.3 is 0 Å². The van der Waals surface area contributed by atoms with Crippen molar-refractivity contribution >= 4 is 61.7 Å². The van der Waals surface area contributed by atoms with Crippen LogP contribution in [0.25, 0.3) is 10.8 Å². The molecule has 0 unspecified atom stereocenters. The summed E-state index contributed by atoms with van der Waals surface area (Å²) in [4.78, 5) is 12.7. The van der Waals surface area contributed by atoms with Crippen molar-refractivity contribution < 1.29 is 4.79 Å². The average molecular weight is 450 g/mol. The highest BCUT2D eigenvalue weighted by Gasteiger charge is 2.14. The topological polar surface area (TPSA) is 71.8 Å². The molecule has 0 radical (unpaired) electrons. The molecule has 1 amide bonds. The first-order valence-electron chi connectivity index (χ1n) is 7.85. The van der Waals surface area contributed by atoms with E-state index in [1.807, 2.05) is 44.2 Å². The highest BCUT2D eigenvalue weighted by molar-refractivity contribution is 9.10. The maximum atomic E-state index is 12.7. The summed E-state index contributed by atoms with van der Waals surface area (Å²) in [6, 6.07) is 11.3. The fraction of sp³-hybridized carbons (Fsp3) is 0.176. The van der Waals surface area contributed by atoms with E-state index in [4.69, 9.17) is 12.2 Å². The second-order valence-corrected chi connectivity index (χ2v) is 7.83. The zero-order valence-electron chi connectivity index (χ0n) is 14.1. The van der Waals surface area contributed by atoms with E-state index in [1.54, 1.807) is 10.7 Å². The maximum absolute atomic E-state index is 12.7.